The van der Waals surface area contributed by atoms with Gasteiger partial charge in [-0.05, 0) is 44.9 Å². The van der Waals surface area contributed by atoms with E-state index in [1.165, 1.54) is 50.7 Å². The number of nitrogens with zero attached hydrogens (tertiary/aromatic N) is 1. The molecule has 0 aromatic heterocycles. The zero-order valence-electron chi connectivity index (χ0n) is 8.18. The summed E-state index contributed by atoms with van der Waals surface area (Å²) in [4.78, 5) is 4.62. The van der Waals surface area contributed by atoms with E-state index in [4.69, 9.17) is 0 Å². The van der Waals surface area contributed by atoms with Gasteiger partial charge in [-0.15, -0.1) is 0 Å². The Labute approximate surface area is 76.3 Å². The van der Waals surface area contributed by atoms with Crippen LogP contribution in [0.3, 0.4) is 0 Å². The van der Waals surface area contributed by atoms with Gasteiger partial charge in [-0.3, -0.25) is 4.99 Å². The van der Waals surface area contributed by atoms with E-state index >= 15 is 0 Å². The van der Waals surface area contributed by atoms with E-state index in [1.54, 1.807) is 0 Å². The van der Waals surface area contributed by atoms with Crippen molar-refractivity contribution in [2.75, 3.05) is 6.54 Å². The molecular formula is C11H20N. The quantitative estimate of drug-likeness (QED) is 0.568. The van der Waals surface area contributed by atoms with Crippen LogP contribution >= 0.6 is 0 Å². The highest BCUT2D eigenvalue weighted by atomic mass is 14.7. The maximum absolute atomic E-state index is 4.62. The zero-order valence-corrected chi connectivity index (χ0v) is 8.18. The average Bonchev–Trinajstić information content (AvgIpc) is 2.14. The summed E-state index contributed by atoms with van der Waals surface area (Å²) in [5.41, 5.74) is 1.48. The number of aliphatic imine (C=N–C) groups is 1. The van der Waals surface area contributed by atoms with E-state index in [0.717, 1.165) is 6.54 Å². The Morgan fingerprint density at radius 1 is 1.25 bits per heavy atom. The van der Waals surface area contributed by atoms with Crippen LogP contribution in [0.1, 0.15) is 51.9 Å². The molecule has 69 valence electrons. The molecule has 0 spiro atoms. The molecule has 0 heterocycles. The van der Waals surface area contributed by atoms with Gasteiger partial charge in [0.15, 0.2) is 0 Å². The minimum atomic E-state index is 1.06. The predicted molar refractivity (Wildman–Crippen MR) is 54.6 cm³/mol. The van der Waals surface area contributed by atoms with Crippen LogP contribution in [0, 0.1) is 6.42 Å². The third-order valence-electron chi connectivity index (χ3n) is 2.42. The Morgan fingerprint density at radius 2 is 2.00 bits per heavy atom. The molecule has 0 saturated heterocycles. The molecule has 1 heteroatoms. The first-order valence-electron chi connectivity index (χ1n) is 5.23. The van der Waals surface area contributed by atoms with Crippen LogP contribution in [0.15, 0.2) is 4.99 Å². The van der Waals surface area contributed by atoms with Gasteiger partial charge in [0.05, 0.1) is 0 Å². The molecule has 1 saturated carbocycles. The summed E-state index contributed by atoms with van der Waals surface area (Å²) < 4.78 is 0. The highest BCUT2D eigenvalue weighted by Crippen LogP contribution is 2.14. The van der Waals surface area contributed by atoms with Crippen LogP contribution in [0.4, 0.5) is 0 Å². The van der Waals surface area contributed by atoms with E-state index in [1.807, 2.05) is 0 Å². The van der Waals surface area contributed by atoms with Gasteiger partial charge in [0.25, 0.3) is 0 Å². The maximum Gasteiger partial charge on any atom is 0.0388 e. The fourth-order valence-corrected chi connectivity index (χ4v) is 1.65. The molecule has 1 aliphatic carbocycles. The molecule has 0 bridgehead atoms. The lowest BCUT2D eigenvalue weighted by Crippen LogP contribution is -2.05. The molecule has 0 N–H and O–H groups in total. The van der Waals surface area contributed by atoms with Gasteiger partial charge in [-0.1, -0.05) is 13.3 Å². The van der Waals surface area contributed by atoms with Crippen LogP contribution in [0.5, 0.6) is 0 Å². The summed E-state index contributed by atoms with van der Waals surface area (Å²) >= 11 is 0. The summed E-state index contributed by atoms with van der Waals surface area (Å²) in [5.74, 6) is 0. The Balaban J connectivity index is 2.08. The van der Waals surface area contributed by atoms with Gasteiger partial charge < -0.3 is 0 Å². The van der Waals surface area contributed by atoms with Crippen molar-refractivity contribution in [1.29, 1.82) is 0 Å². The van der Waals surface area contributed by atoms with Crippen molar-refractivity contribution in [3.63, 3.8) is 0 Å². The van der Waals surface area contributed by atoms with Crippen LogP contribution < -0.4 is 0 Å². The SMILES string of the molecule is C[CH]CCCN=C1CCCCC1. The Kier molecular flexibility index (Phi) is 5.05. The highest BCUT2D eigenvalue weighted by molar-refractivity contribution is 5.84. The lowest BCUT2D eigenvalue weighted by molar-refractivity contribution is 0.660. The molecule has 1 rings (SSSR count). The molecule has 1 radical (unpaired) electrons. The van der Waals surface area contributed by atoms with Gasteiger partial charge in [-0.25, -0.2) is 0 Å². The van der Waals surface area contributed by atoms with Gasteiger partial charge in [0.2, 0.25) is 0 Å². The Hall–Kier alpha value is -0.330. The van der Waals surface area contributed by atoms with Gasteiger partial charge in [0.1, 0.15) is 0 Å². The van der Waals surface area contributed by atoms with E-state index in [-0.39, 0.29) is 0 Å². The molecular weight excluding hydrogens is 146 g/mol. The van der Waals surface area contributed by atoms with E-state index in [9.17, 15) is 0 Å². The first-order valence-corrected chi connectivity index (χ1v) is 5.23. The minimum Gasteiger partial charge on any atom is -0.294 e. The Morgan fingerprint density at radius 3 is 2.67 bits per heavy atom. The van der Waals surface area contributed by atoms with Crippen LogP contribution in [0.25, 0.3) is 0 Å². The van der Waals surface area contributed by atoms with Crippen molar-refractivity contribution in [3.8, 4) is 0 Å². The van der Waals surface area contributed by atoms with E-state index < -0.39 is 0 Å². The molecule has 0 aliphatic heterocycles. The number of unbranched alkanes of at least 4 members (excludes halogenated alkanes) is 2. The first kappa shape index (κ1) is 9.76. The first-order chi connectivity index (χ1) is 5.93. The summed E-state index contributed by atoms with van der Waals surface area (Å²) in [6, 6.07) is 0. The van der Waals surface area contributed by atoms with Crippen LogP contribution in [0.2, 0.25) is 0 Å². The summed E-state index contributed by atoms with van der Waals surface area (Å²) in [6.45, 7) is 3.17. The van der Waals surface area contributed by atoms with Crippen molar-refractivity contribution in [2.24, 2.45) is 4.99 Å². The smallest absolute Gasteiger partial charge is 0.0388 e. The van der Waals surface area contributed by atoms with Gasteiger partial charge >= 0.3 is 0 Å². The number of hydrogen-bond acceptors (Lipinski definition) is 1. The molecule has 0 atom stereocenters. The van der Waals surface area contributed by atoms with Crippen LogP contribution in [-0.4, -0.2) is 12.3 Å². The van der Waals surface area contributed by atoms with Crippen molar-refractivity contribution in [1.82, 2.24) is 0 Å². The molecule has 1 aliphatic rings. The third kappa shape index (κ3) is 3.89. The molecule has 0 amide bonds. The minimum absolute atomic E-state index is 1.06. The number of rotatable bonds is 4. The van der Waals surface area contributed by atoms with Crippen molar-refractivity contribution in [2.45, 2.75) is 51.9 Å². The Bertz CT molecular complexity index is 130. The summed E-state index contributed by atoms with van der Waals surface area (Å²) in [6.07, 6.45) is 11.4. The van der Waals surface area contributed by atoms with Crippen molar-refractivity contribution in [3.05, 3.63) is 6.42 Å². The zero-order chi connectivity index (χ0) is 8.65. The van der Waals surface area contributed by atoms with Gasteiger partial charge in [-0.2, -0.15) is 0 Å². The third-order valence-corrected chi connectivity index (χ3v) is 2.42. The average molecular weight is 166 g/mol. The van der Waals surface area contributed by atoms with Gasteiger partial charge in [0, 0.05) is 12.3 Å². The standard InChI is InChI=1S/C11H20N/c1-2-3-7-10-12-11-8-5-4-6-9-11/h2H,3-10H2,1H3. The predicted octanol–water partition coefficient (Wildman–Crippen LogP) is 3.40. The largest absolute Gasteiger partial charge is 0.294 e. The summed E-state index contributed by atoms with van der Waals surface area (Å²) in [7, 11) is 0. The topological polar surface area (TPSA) is 12.4 Å². The molecule has 1 fully saturated rings. The fourth-order valence-electron chi connectivity index (χ4n) is 1.65. The van der Waals surface area contributed by atoms with Crippen molar-refractivity contribution >= 4 is 5.71 Å². The lowest BCUT2D eigenvalue weighted by atomic mass is 9.98. The van der Waals surface area contributed by atoms with Crippen molar-refractivity contribution < 1.29 is 0 Å². The van der Waals surface area contributed by atoms with E-state index in [0.29, 0.717) is 0 Å². The fraction of sp³-hybridized carbons (Fsp3) is 0.818. The molecule has 12 heavy (non-hydrogen) atoms. The second kappa shape index (κ2) is 6.22. The van der Waals surface area contributed by atoms with E-state index in [2.05, 4.69) is 18.3 Å². The second-order valence-corrected chi connectivity index (χ2v) is 3.56. The lowest BCUT2D eigenvalue weighted by Gasteiger charge is -2.11. The molecule has 0 unspecified atom stereocenters. The second-order valence-electron chi connectivity index (χ2n) is 3.56. The van der Waals surface area contributed by atoms with Crippen LogP contribution in [-0.2, 0) is 0 Å². The maximum atomic E-state index is 4.62. The molecule has 0 aromatic rings. The summed E-state index contributed by atoms with van der Waals surface area (Å²) in [5, 5.41) is 0. The number of hydrogen-bond donors (Lipinski definition) is 0. The monoisotopic (exact) mass is 166 g/mol. The normalized spacial score (nSPS) is 17.9. The molecule has 0 aromatic carbocycles. The molecule has 1 nitrogen and oxygen atoms in total. The highest BCUT2D eigenvalue weighted by Gasteiger charge is 2.05.